The number of aromatic amines is 1. The Bertz CT molecular complexity index is 831. The number of hydrogen-bond acceptors (Lipinski definition) is 6. The summed E-state index contributed by atoms with van der Waals surface area (Å²) in [6.45, 7) is 3.17. The van der Waals surface area contributed by atoms with Gasteiger partial charge in [-0.3, -0.25) is 9.89 Å². The zero-order valence-electron chi connectivity index (χ0n) is 14.6. The molecule has 11 heteroatoms. The van der Waals surface area contributed by atoms with Crippen LogP contribution in [0, 0.1) is 5.41 Å². The van der Waals surface area contributed by atoms with Gasteiger partial charge in [-0.1, -0.05) is 5.10 Å². The molecule has 0 unspecified atom stereocenters. The molecule has 2 aromatic rings. The standard InChI is InChI=1S/C16H19F3N6O2/c1-9(13(26)25-6-4-15(2-3-15)5-7-25)20-14-24-23-12(27-14)10-8-11(22-21-10)16(17,18)19/h8-9H,2-7H2,1H3,(H,20,24)(H,21,22)/t9-/m1/s1. The van der Waals surface area contributed by atoms with E-state index in [1.807, 2.05) is 4.90 Å². The molecule has 1 aliphatic heterocycles. The second-order valence-corrected chi connectivity index (χ2v) is 7.27. The number of hydrogen-bond donors (Lipinski definition) is 2. The summed E-state index contributed by atoms with van der Waals surface area (Å²) in [6.07, 6.45) is 0.0355. The molecule has 3 heterocycles. The number of nitrogens with one attached hydrogen (secondary N) is 2. The first kappa shape index (κ1) is 17.8. The first-order valence-electron chi connectivity index (χ1n) is 8.78. The van der Waals surface area contributed by atoms with Gasteiger partial charge in [-0.05, 0) is 38.0 Å². The summed E-state index contributed by atoms with van der Waals surface area (Å²) in [5.41, 5.74) is -0.645. The number of rotatable bonds is 4. The second-order valence-electron chi connectivity index (χ2n) is 7.27. The zero-order valence-corrected chi connectivity index (χ0v) is 14.6. The molecule has 146 valence electrons. The van der Waals surface area contributed by atoms with E-state index in [0.717, 1.165) is 32.0 Å². The highest BCUT2D eigenvalue weighted by Gasteiger charge is 2.45. The number of amides is 1. The summed E-state index contributed by atoms with van der Waals surface area (Å²) in [7, 11) is 0. The number of alkyl halides is 3. The van der Waals surface area contributed by atoms with Crippen molar-refractivity contribution < 1.29 is 22.4 Å². The van der Waals surface area contributed by atoms with Gasteiger partial charge in [0, 0.05) is 19.2 Å². The van der Waals surface area contributed by atoms with Gasteiger partial charge in [0.2, 0.25) is 5.91 Å². The van der Waals surface area contributed by atoms with E-state index >= 15 is 0 Å². The minimum absolute atomic E-state index is 0.0373. The molecule has 1 atom stereocenters. The Balaban J connectivity index is 1.37. The number of carbonyl (C=O) groups is 1. The monoisotopic (exact) mass is 384 g/mol. The van der Waals surface area contributed by atoms with E-state index in [0.29, 0.717) is 5.41 Å². The fourth-order valence-corrected chi connectivity index (χ4v) is 3.37. The van der Waals surface area contributed by atoms with Crippen molar-refractivity contribution in [3.63, 3.8) is 0 Å². The maximum atomic E-state index is 12.6. The van der Waals surface area contributed by atoms with Crippen molar-refractivity contribution in [3.8, 4) is 11.6 Å². The normalized spacial score (nSPS) is 19.9. The van der Waals surface area contributed by atoms with Crippen LogP contribution in [0.4, 0.5) is 19.2 Å². The molecule has 0 aromatic carbocycles. The fraction of sp³-hybridized carbons (Fsp3) is 0.625. The van der Waals surface area contributed by atoms with E-state index in [9.17, 15) is 18.0 Å². The molecule has 4 rings (SSSR count). The number of carbonyl (C=O) groups excluding carboxylic acids is 1. The molecule has 0 radical (unpaired) electrons. The first-order chi connectivity index (χ1) is 12.8. The van der Waals surface area contributed by atoms with E-state index in [1.165, 1.54) is 12.8 Å². The Kier molecular flexibility index (Phi) is 4.11. The highest BCUT2D eigenvalue weighted by molar-refractivity contribution is 5.83. The molecule has 27 heavy (non-hydrogen) atoms. The molecular formula is C16H19F3N6O2. The van der Waals surface area contributed by atoms with Crippen LogP contribution < -0.4 is 5.32 Å². The molecule has 2 aromatic heterocycles. The van der Waals surface area contributed by atoms with Crippen molar-refractivity contribution in [2.75, 3.05) is 18.4 Å². The van der Waals surface area contributed by atoms with E-state index in [1.54, 1.807) is 6.92 Å². The van der Waals surface area contributed by atoms with Crippen molar-refractivity contribution in [1.29, 1.82) is 0 Å². The first-order valence-corrected chi connectivity index (χ1v) is 8.78. The predicted octanol–water partition coefficient (Wildman–Crippen LogP) is 2.68. The Morgan fingerprint density at radius 3 is 2.59 bits per heavy atom. The maximum Gasteiger partial charge on any atom is 0.435 e. The van der Waals surface area contributed by atoms with Crippen LogP contribution in [0.15, 0.2) is 10.5 Å². The number of nitrogens with zero attached hydrogens (tertiary/aromatic N) is 4. The van der Waals surface area contributed by atoms with E-state index in [2.05, 4.69) is 25.7 Å². The summed E-state index contributed by atoms with van der Waals surface area (Å²) >= 11 is 0. The molecule has 1 saturated heterocycles. The summed E-state index contributed by atoms with van der Waals surface area (Å²) in [5.74, 6) is -0.208. The molecule has 8 nitrogen and oxygen atoms in total. The van der Waals surface area contributed by atoms with Gasteiger partial charge in [0.05, 0.1) is 0 Å². The van der Waals surface area contributed by atoms with Crippen molar-refractivity contribution in [2.24, 2.45) is 5.41 Å². The molecule has 0 bridgehead atoms. The number of likely N-dealkylation sites (tertiary alicyclic amines) is 1. The number of aromatic nitrogens is 4. The lowest BCUT2D eigenvalue weighted by Crippen LogP contribution is -2.45. The lowest BCUT2D eigenvalue weighted by atomic mass is 9.93. The van der Waals surface area contributed by atoms with Crippen molar-refractivity contribution in [3.05, 3.63) is 11.8 Å². The Labute approximate surface area is 152 Å². The van der Waals surface area contributed by atoms with Crippen LogP contribution in [0.5, 0.6) is 0 Å². The molecule has 1 saturated carbocycles. The topological polar surface area (TPSA) is 99.9 Å². The quantitative estimate of drug-likeness (QED) is 0.841. The Hall–Kier alpha value is -2.59. The number of H-pyrrole nitrogens is 1. The van der Waals surface area contributed by atoms with E-state index in [4.69, 9.17) is 4.42 Å². The van der Waals surface area contributed by atoms with Gasteiger partial charge in [-0.2, -0.15) is 18.3 Å². The smallest absolute Gasteiger partial charge is 0.402 e. The maximum absolute atomic E-state index is 12.6. The third-order valence-electron chi connectivity index (χ3n) is 5.33. The van der Waals surface area contributed by atoms with Crippen LogP contribution in [-0.2, 0) is 11.0 Å². The van der Waals surface area contributed by atoms with Crippen LogP contribution in [0.3, 0.4) is 0 Å². The van der Waals surface area contributed by atoms with Gasteiger partial charge < -0.3 is 14.6 Å². The van der Waals surface area contributed by atoms with Crippen LogP contribution in [0.1, 0.15) is 38.3 Å². The van der Waals surface area contributed by atoms with Crippen molar-refractivity contribution >= 4 is 11.9 Å². The summed E-state index contributed by atoms with van der Waals surface area (Å²) < 4.78 is 43.1. The van der Waals surface area contributed by atoms with Gasteiger partial charge in [0.1, 0.15) is 11.7 Å². The average Bonchev–Trinajstić information content (AvgIpc) is 3.04. The number of anilines is 1. The van der Waals surface area contributed by atoms with Gasteiger partial charge >= 0.3 is 12.2 Å². The highest BCUT2D eigenvalue weighted by atomic mass is 19.4. The van der Waals surface area contributed by atoms with Crippen LogP contribution in [-0.4, -0.2) is 50.3 Å². The SMILES string of the molecule is C[C@@H](Nc1nnc(-c2cc(C(F)(F)F)n[nH]2)o1)C(=O)N1CCC2(CC1)CC2. The van der Waals surface area contributed by atoms with Crippen LogP contribution in [0.25, 0.3) is 11.6 Å². The minimum Gasteiger partial charge on any atom is -0.402 e. The molecule has 1 amide bonds. The third-order valence-corrected chi connectivity index (χ3v) is 5.33. The van der Waals surface area contributed by atoms with Gasteiger partial charge in [-0.15, -0.1) is 5.10 Å². The van der Waals surface area contributed by atoms with E-state index in [-0.39, 0.29) is 23.5 Å². The molecule has 2 aliphatic rings. The third kappa shape index (κ3) is 3.62. The predicted molar refractivity (Wildman–Crippen MR) is 87.4 cm³/mol. The second kappa shape index (κ2) is 6.24. The van der Waals surface area contributed by atoms with Crippen molar-refractivity contribution in [1.82, 2.24) is 25.3 Å². The molecule has 2 N–H and O–H groups in total. The zero-order chi connectivity index (χ0) is 19.2. The molecule has 1 spiro atoms. The number of piperidine rings is 1. The van der Waals surface area contributed by atoms with Gasteiger partial charge in [0.25, 0.3) is 5.89 Å². The fourth-order valence-electron chi connectivity index (χ4n) is 3.37. The van der Waals surface area contributed by atoms with E-state index < -0.39 is 17.9 Å². The van der Waals surface area contributed by atoms with Gasteiger partial charge in [0.15, 0.2) is 5.69 Å². The Morgan fingerprint density at radius 2 is 2.00 bits per heavy atom. The Morgan fingerprint density at radius 1 is 1.30 bits per heavy atom. The van der Waals surface area contributed by atoms with Gasteiger partial charge in [-0.25, -0.2) is 0 Å². The average molecular weight is 384 g/mol. The summed E-state index contributed by atoms with van der Waals surface area (Å²) in [5, 5.41) is 15.6. The lowest BCUT2D eigenvalue weighted by molar-refractivity contribution is -0.141. The minimum atomic E-state index is -4.57. The highest BCUT2D eigenvalue weighted by Crippen LogP contribution is 2.53. The molecular weight excluding hydrogens is 365 g/mol. The number of halogens is 3. The lowest BCUT2D eigenvalue weighted by Gasteiger charge is -2.33. The molecule has 2 fully saturated rings. The van der Waals surface area contributed by atoms with Crippen LogP contribution >= 0.6 is 0 Å². The summed E-state index contributed by atoms with van der Waals surface area (Å²) in [6, 6.07) is 0.164. The van der Waals surface area contributed by atoms with Crippen molar-refractivity contribution in [2.45, 2.75) is 44.8 Å². The summed E-state index contributed by atoms with van der Waals surface area (Å²) in [4.78, 5) is 14.4. The largest absolute Gasteiger partial charge is 0.435 e. The van der Waals surface area contributed by atoms with Crippen LogP contribution in [0.2, 0.25) is 0 Å². The molecule has 1 aliphatic carbocycles.